The number of hydrogen-bond donors (Lipinski definition) is 3. The van der Waals surface area contributed by atoms with Gasteiger partial charge in [-0.1, -0.05) is 30.3 Å². The Labute approximate surface area is 176 Å². The van der Waals surface area contributed by atoms with Gasteiger partial charge in [-0.2, -0.15) is 0 Å². The van der Waals surface area contributed by atoms with Crippen molar-refractivity contribution in [1.29, 1.82) is 0 Å². The fourth-order valence-electron chi connectivity index (χ4n) is 3.94. The molecule has 7 nitrogen and oxygen atoms in total. The maximum absolute atomic E-state index is 12.6. The first-order valence-electron chi connectivity index (χ1n) is 10.4. The largest absolute Gasteiger partial charge is 0.390 e. The second kappa shape index (κ2) is 9.38. The third kappa shape index (κ3) is 4.70. The number of nitrogens with zero attached hydrogens (tertiary/aromatic N) is 1. The van der Waals surface area contributed by atoms with Gasteiger partial charge in [0.2, 0.25) is 0 Å². The molecule has 0 bridgehead atoms. The number of amides is 2. The van der Waals surface area contributed by atoms with Crippen LogP contribution in [0.2, 0.25) is 0 Å². The van der Waals surface area contributed by atoms with Gasteiger partial charge in [0, 0.05) is 43.3 Å². The van der Waals surface area contributed by atoms with Crippen LogP contribution in [-0.4, -0.2) is 66.8 Å². The molecule has 0 radical (unpaired) electrons. The third-order valence-electron chi connectivity index (χ3n) is 5.72. The fourth-order valence-corrected chi connectivity index (χ4v) is 3.94. The lowest BCUT2D eigenvalue weighted by Crippen LogP contribution is -2.49. The molecule has 1 unspecified atom stereocenters. The number of carbonyl (C=O) groups excluding carboxylic acids is 2. The van der Waals surface area contributed by atoms with Crippen LogP contribution in [0.4, 0.5) is 0 Å². The summed E-state index contributed by atoms with van der Waals surface area (Å²) in [6.45, 7) is 3.02. The molecule has 4 rings (SSSR count). The van der Waals surface area contributed by atoms with E-state index in [4.69, 9.17) is 4.74 Å². The molecular weight excluding hydrogens is 382 g/mol. The lowest BCUT2D eigenvalue weighted by molar-refractivity contribution is 0.0303. The quantitative estimate of drug-likeness (QED) is 0.685. The van der Waals surface area contributed by atoms with Gasteiger partial charge in [0.1, 0.15) is 0 Å². The van der Waals surface area contributed by atoms with Crippen molar-refractivity contribution >= 4 is 11.8 Å². The van der Waals surface area contributed by atoms with E-state index in [1.165, 1.54) is 11.1 Å². The van der Waals surface area contributed by atoms with Gasteiger partial charge in [0.15, 0.2) is 0 Å². The van der Waals surface area contributed by atoms with Gasteiger partial charge in [-0.05, 0) is 35.7 Å². The molecule has 2 aliphatic heterocycles. The highest BCUT2D eigenvalue weighted by Crippen LogP contribution is 2.18. The molecule has 2 heterocycles. The van der Waals surface area contributed by atoms with E-state index in [0.717, 1.165) is 6.42 Å². The highest BCUT2D eigenvalue weighted by molar-refractivity contribution is 5.99. The SMILES string of the molecule is O=C(NCC(O)[C@@H]1Cc2ccccc2CN1)c1cccc(C(=O)N2CCOCC2)c1. The minimum absolute atomic E-state index is 0.0990. The first kappa shape index (κ1) is 20.5. The molecule has 2 aromatic rings. The Bertz CT molecular complexity index is 911. The number of hydrogen-bond acceptors (Lipinski definition) is 5. The number of carbonyl (C=O) groups is 2. The van der Waals surface area contributed by atoms with E-state index >= 15 is 0 Å². The standard InChI is InChI=1S/C23H27N3O4/c27-21(20-13-16-4-1-2-5-19(16)14-24-20)15-25-22(28)17-6-3-7-18(12-17)23(29)26-8-10-30-11-9-26/h1-7,12,20-21,24,27H,8-11,13-15H2,(H,25,28)/t20-,21?/m0/s1. The van der Waals surface area contributed by atoms with Crippen LogP contribution in [0.1, 0.15) is 31.8 Å². The second-order valence-electron chi connectivity index (χ2n) is 7.72. The number of ether oxygens (including phenoxy) is 1. The van der Waals surface area contributed by atoms with Gasteiger partial charge in [0.05, 0.1) is 19.3 Å². The molecule has 1 saturated heterocycles. The van der Waals surface area contributed by atoms with E-state index in [-0.39, 0.29) is 24.4 Å². The number of fused-ring (bicyclic) bond motifs is 1. The van der Waals surface area contributed by atoms with Crippen molar-refractivity contribution in [3.8, 4) is 0 Å². The Hall–Kier alpha value is -2.74. The molecule has 158 valence electrons. The van der Waals surface area contributed by atoms with E-state index < -0.39 is 6.10 Å². The summed E-state index contributed by atoms with van der Waals surface area (Å²) in [6, 6.07) is 14.8. The Morgan fingerprint density at radius 3 is 2.63 bits per heavy atom. The third-order valence-corrected chi connectivity index (χ3v) is 5.72. The van der Waals surface area contributed by atoms with Crippen molar-refractivity contribution in [3.05, 3.63) is 70.8 Å². The number of aliphatic hydroxyl groups excluding tert-OH is 1. The molecule has 2 aliphatic rings. The van der Waals surface area contributed by atoms with Crippen molar-refractivity contribution < 1.29 is 19.4 Å². The van der Waals surface area contributed by atoms with Crippen molar-refractivity contribution in [2.24, 2.45) is 0 Å². The minimum atomic E-state index is -0.708. The molecule has 7 heteroatoms. The van der Waals surface area contributed by atoms with Gasteiger partial charge < -0.3 is 25.4 Å². The summed E-state index contributed by atoms with van der Waals surface area (Å²) >= 11 is 0. The smallest absolute Gasteiger partial charge is 0.254 e. The predicted octanol–water partition coefficient (Wildman–Crippen LogP) is 0.964. The Morgan fingerprint density at radius 1 is 1.10 bits per heavy atom. The molecule has 2 amide bonds. The molecule has 3 N–H and O–H groups in total. The normalized spacial score (nSPS) is 19.6. The van der Waals surface area contributed by atoms with Crippen LogP contribution in [0.5, 0.6) is 0 Å². The summed E-state index contributed by atoms with van der Waals surface area (Å²) in [4.78, 5) is 27.0. The highest BCUT2D eigenvalue weighted by Gasteiger charge is 2.25. The van der Waals surface area contributed by atoms with Crippen LogP contribution in [0.15, 0.2) is 48.5 Å². The number of nitrogens with one attached hydrogen (secondary N) is 2. The number of rotatable bonds is 5. The molecule has 0 aromatic heterocycles. The van der Waals surface area contributed by atoms with Crippen molar-refractivity contribution in [3.63, 3.8) is 0 Å². The molecule has 0 spiro atoms. The van der Waals surface area contributed by atoms with Gasteiger partial charge in [0.25, 0.3) is 11.8 Å². The van der Waals surface area contributed by atoms with Crippen molar-refractivity contribution in [2.45, 2.75) is 25.1 Å². The summed E-state index contributed by atoms with van der Waals surface area (Å²) in [5, 5.41) is 16.7. The predicted molar refractivity (Wildman–Crippen MR) is 112 cm³/mol. The fraction of sp³-hybridized carbons (Fsp3) is 0.391. The molecule has 0 saturated carbocycles. The monoisotopic (exact) mass is 409 g/mol. The van der Waals surface area contributed by atoms with Gasteiger partial charge in [-0.3, -0.25) is 9.59 Å². The molecule has 2 atom stereocenters. The van der Waals surface area contributed by atoms with Gasteiger partial charge in [-0.15, -0.1) is 0 Å². The van der Waals surface area contributed by atoms with Gasteiger partial charge in [-0.25, -0.2) is 0 Å². The van der Waals surface area contributed by atoms with Gasteiger partial charge >= 0.3 is 0 Å². The Kier molecular flexibility index (Phi) is 6.42. The lowest BCUT2D eigenvalue weighted by Gasteiger charge is -2.30. The lowest BCUT2D eigenvalue weighted by atomic mass is 9.93. The highest BCUT2D eigenvalue weighted by atomic mass is 16.5. The molecule has 1 fully saturated rings. The van der Waals surface area contributed by atoms with E-state index in [0.29, 0.717) is 44.0 Å². The molecule has 2 aromatic carbocycles. The summed E-state index contributed by atoms with van der Waals surface area (Å²) in [6.07, 6.45) is 0.0111. The van der Waals surface area contributed by atoms with Crippen LogP contribution >= 0.6 is 0 Å². The number of morpholine rings is 1. The van der Waals surface area contributed by atoms with E-state index in [9.17, 15) is 14.7 Å². The van der Waals surface area contributed by atoms with Crippen LogP contribution in [0.25, 0.3) is 0 Å². The number of benzene rings is 2. The average molecular weight is 409 g/mol. The first-order valence-corrected chi connectivity index (χ1v) is 10.4. The summed E-state index contributed by atoms with van der Waals surface area (Å²) in [5.74, 6) is -0.403. The second-order valence-corrected chi connectivity index (χ2v) is 7.72. The van der Waals surface area contributed by atoms with Crippen molar-refractivity contribution in [1.82, 2.24) is 15.5 Å². The Morgan fingerprint density at radius 2 is 1.83 bits per heavy atom. The van der Waals surface area contributed by atoms with E-state index in [2.05, 4.69) is 22.8 Å². The Balaban J connectivity index is 1.33. The van der Waals surface area contributed by atoms with E-state index in [1.54, 1.807) is 29.2 Å². The average Bonchev–Trinajstić information content (AvgIpc) is 2.82. The molecule has 30 heavy (non-hydrogen) atoms. The van der Waals surface area contributed by atoms with Crippen LogP contribution < -0.4 is 10.6 Å². The van der Waals surface area contributed by atoms with Crippen LogP contribution in [0, 0.1) is 0 Å². The van der Waals surface area contributed by atoms with E-state index in [1.807, 2.05) is 12.1 Å². The molecule has 0 aliphatic carbocycles. The zero-order valence-electron chi connectivity index (χ0n) is 16.8. The maximum Gasteiger partial charge on any atom is 0.254 e. The molecular formula is C23H27N3O4. The van der Waals surface area contributed by atoms with Crippen molar-refractivity contribution in [2.75, 3.05) is 32.8 Å². The maximum atomic E-state index is 12.6. The minimum Gasteiger partial charge on any atom is -0.390 e. The summed E-state index contributed by atoms with van der Waals surface area (Å²) in [7, 11) is 0. The zero-order chi connectivity index (χ0) is 20.9. The number of aliphatic hydroxyl groups is 1. The van der Waals surface area contributed by atoms with Crippen LogP contribution in [-0.2, 0) is 17.7 Å². The topological polar surface area (TPSA) is 90.9 Å². The summed E-state index contributed by atoms with van der Waals surface area (Å²) < 4.78 is 5.28. The van der Waals surface area contributed by atoms with Crippen LogP contribution in [0.3, 0.4) is 0 Å². The zero-order valence-corrected chi connectivity index (χ0v) is 16.8. The first-order chi connectivity index (χ1) is 14.6. The summed E-state index contributed by atoms with van der Waals surface area (Å²) in [5.41, 5.74) is 3.35.